The van der Waals surface area contributed by atoms with E-state index < -0.39 is 5.60 Å². The summed E-state index contributed by atoms with van der Waals surface area (Å²) in [5.41, 5.74) is 1.99. The number of carbonyl (C=O) groups excluding carboxylic acids is 1. The molecule has 0 radical (unpaired) electrons. The van der Waals surface area contributed by atoms with E-state index in [9.17, 15) is 9.90 Å². The Labute approximate surface area is 135 Å². The molecule has 0 spiro atoms. The summed E-state index contributed by atoms with van der Waals surface area (Å²) < 4.78 is 0. The van der Waals surface area contributed by atoms with Crippen LogP contribution >= 0.6 is 0 Å². The molecule has 3 rings (SSSR count). The molecule has 1 heterocycles. The third kappa shape index (κ3) is 3.66. The number of fused-ring (bicyclic) bond motifs is 1. The Morgan fingerprint density at radius 1 is 1.30 bits per heavy atom. The number of aryl methyl sites for hydroxylation is 1. The minimum absolute atomic E-state index is 0.217. The third-order valence-corrected chi connectivity index (χ3v) is 4.22. The van der Waals surface area contributed by atoms with Crippen molar-refractivity contribution in [2.75, 3.05) is 6.54 Å². The predicted molar refractivity (Wildman–Crippen MR) is 89.6 cm³/mol. The van der Waals surface area contributed by atoms with Crippen LogP contribution in [0, 0.1) is 0 Å². The Morgan fingerprint density at radius 3 is 3.00 bits per heavy atom. The van der Waals surface area contributed by atoms with Gasteiger partial charge >= 0.3 is 0 Å². The van der Waals surface area contributed by atoms with Crippen LogP contribution < -0.4 is 5.32 Å². The summed E-state index contributed by atoms with van der Waals surface area (Å²) in [4.78, 5) is 16.0. The molecule has 23 heavy (non-hydrogen) atoms. The highest BCUT2D eigenvalue weighted by atomic mass is 16.3. The number of rotatable bonds is 4. The molecule has 4 nitrogen and oxygen atoms in total. The van der Waals surface area contributed by atoms with E-state index in [0.29, 0.717) is 6.42 Å². The van der Waals surface area contributed by atoms with Gasteiger partial charge in [-0.25, -0.2) is 0 Å². The summed E-state index contributed by atoms with van der Waals surface area (Å²) in [6, 6.07) is 11.6. The maximum atomic E-state index is 12.0. The van der Waals surface area contributed by atoms with Crippen LogP contribution in [0.3, 0.4) is 0 Å². The number of hydrogen-bond acceptors (Lipinski definition) is 3. The van der Waals surface area contributed by atoms with Gasteiger partial charge in [-0.1, -0.05) is 30.3 Å². The second-order valence-corrected chi connectivity index (χ2v) is 5.88. The maximum Gasteiger partial charge on any atom is 0.244 e. The summed E-state index contributed by atoms with van der Waals surface area (Å²) in [6.45, 7) is 0.222. The number of aromatic nitrogens is 1. The van der Waals surface area contributed by atoms with Crippen LogP contribution in [0.15, 0.2) is 54.9 Å². The molecule has 0 aliphatic heterocycles. The Balaban J connectivity index is 1.64. The van der Waals surface area contributed by atoms with Gasteiger partial charge in [0, 0.05) is 18.5 Å². The largest absolute Gasteiger partial charge is 0.383 e. The molecule has 1 unspecified atom stereocenters. The van der Waals surface area contributed by atoms with E-state index in [1.54, 1.807) is 18.5 Å². The summed E-state index contributed by atoms with van der Waals surface area (Å²) in [5, 5.41) is 13.7. The van der Waals surface area contributed by atoms with Gasteiger partial charge in [0.1, 0.15) is 5.60 Å². The van der Waals surface area contributed by atoms with Crippen LogP contribution in [0.4, 0.5) is 0 Å². The normalized spacial score (nSPS) is 20.2. The molecule has 0 saturated heterocycles. The van der Waals surface area contributed by atoms with Crippen LogP contribution in [0.5, 0.6) is 0 Å². The second-order valence-electron chi connectivity index (χ2n) is 5.88. The SMILES string of the molecule is O=C(C=Cc1cccnc1)NCC1(O)CCCc2ccccc21. The van der Waals surface area contributed by atoms with Crippen LogP contribution in [0.2, 0.25) is 0 Å². The van der Waals surface area contributed by atoms with Gasteiger partial charge in [0.2, 0.25) is 5.91 Å². The van der Waals surface area contributed by atoms with Gasteiger partial charge in [-0.2, -0.15) is 0 Å². The molecule has 2 N–H and O–H groups in total. The molecule has 4 heteroatoms. The van der Waals surface area contributed by atoms with Gasteiger partial charge in [0.25, 0.3) is 0 Å². The number of aliphatic hydroxyl groups is 1. The highest BCUT2D eigenvalue weighted by Gasteiger charge is 2.34. The molecule has 0 fully saturated rings. The Morgan fingerprint density at radius 2 is 2.17 bits per heavy atom. The third-order valence-electron chi connectivity index (χ3n) is 4.22. The van der Waals surface area contributed by atoms with Crippen molar-refractivity contribution in [3.8, 4) is 0 Å². The molecule has 1 aromatic heterocycles. The van der Waals surface area contributed by atoms with E-state index in [4.69, 9.17) is 0 Å². The number of benzene rings is 1. The van der Waals surface area contributed by atoms with Crippen LogP contribution in [0.25, 0.3) is 6.08 Å². The Hall–Kier alpha value is -2.46. The number of carbonyl (C=O) groups is 1. The van der Waals surface area contributed by atoms with Crippen molar-refractivity contribution < 1.29 is 9.90 Å². The molecule has 118 valence electrons. The first-order valence-electron chi connectivity index (χ1n) is 7.84. The fourth-order valence-corrected chi connectivity index (χ4v) is 3.02. The van der Waals surface area contributed by atoms with E-state index in [1.807, 2.05) is 36.4 Å². The number of nitrogens with zero attached hydrogens (tertiary/aromatic N) is 1. The van der Waals surface area contributed by atoms with Crippen LogP contribution in [-0.2, 0) is 16.8 Å². The van der Waals surface area contributed by atoms with E-state index >= 15 is 0 Å². The highest BCUT2D eigenvalue weighted by molar-refractivity contribution is 5.91. The minimum atomic E-state index is -0.980. The topological polar surface area (TPSA) is 62.2 Å². The van der Waals surface area contributed by atoms with Crippen molar-refractivity contribution in [3.05, 3.63) is 71.6 Å². The average Bonchev–Trinajstić information content (AvgIpc) is 2.60. The number of nitrogens with one attached hydrogen (secondary N) is 1. The lowest BCUT2D eigenvalue weighted by molar-refractivity contribution is -0.118. The number of hydrogen-bond donors (Lipinski definition) is 2. The molecule has 1 amide bonds. The lowest BCUT2D eigenvalue weighted by Crippen LogP contribution is -2.42. The number of amides is 1. The maximum absolute atomic E-state index is 12.0. The molecule has 2 aromatic rings. The summed E-state index contributed by atoms with van der Waals surface area (Å²) in [7, 11) is 0. The molecule has 1 aliphatic carbocycles. The van der Waals surface area contributed by atoms with E-state index in [2.05, 4.69) is 10.3 Å². The standard InChI is InChI=1S/C19H20N2O2/c22-18(10-9-15-5-4-12-20-13-15)21-14-19(23)11-3-7-16-6-1-2-8-17(16)19/h1-2,4-6,8-10,12-13,23H,3,7,11,14H2,(H,21,22). The van der Waals surface area contributed by atoms with Gasteiger partial charge in [-0.3, -0.25) is 9.78 Å². The first-order chi connectivity index (χ1) is 11.2. The molecule has 1 atom stereocenters. The quantitative estimate of drug-likeness (QED) is 0.853. The van der Waals surface area contributed by atoms with Crippen molar-refractivity contribution >= 4 is 12.0 Å². The molecule has 0 bridgehead atoms. The smallest absolute Gasteiger partial charge is 0.244 e. The number of pyridine rings is 1. The van der Waals surface area contributed by atoms with E-state index in [0.717, 1.165) is 24.0 Å². The van der Waals surface area contributed by atoms with E-state index in [1.165, 1.54) is 11.6 Å². The Bertz CT molecular complexity index is 712. The zero-order chi connectivity index (χ0) is 16.1. The van der Waals surface area contributed by atoms with Crippen molar-refractivity contribution in [1.29, 1.82) is 0 Å². The van der Waals surface area contributed by atoms with E-state index in [-0.39, 0.29) is 12.5 Å². The lowest BCUT2D eigenvalue weighted by Gasteiger charge is -2.34. The minimum Gasteiger partial charge on any atom is -0.383 e. The fraction of sp³-hybridized carbons (Fsp3) is 0.263. The summed E-state index contributed by atoms with van der Waals surface area (Å²) >= 11 is 0. The van der Waals surface area contributed by atoms with Crippen LogP contribution in [0.1, 0.15) is 29.5 Å². The predicted octanol–water partition coefficient (Wildman–Crippen LogP) is 2.44. The lowest BCUT2D eigenvalue weighted by atomic mass is 9.79. The van der Waals surface area contributed by atoms with Gasteiger partial charge < -0.3 is 10.4 Å². The molecule has 1 aromatic carbocycles. The molecule has 0 saturated carbocycles. The summed E-state index contributed by atoms with van der Waals surface area (Å²) in [6.07, 6.45) is 9.12. The first-order valence-corrected chi connectivity index (χ1v) is 7.84. The average molecular weight is 308 g/mol. The van der Waals surface area contributed by atoms with Gasteiger partial charge in [-0.05, 0) is 48.1 Å². The molecule has 1 aliphatic rings. The summed E-state index contributed by atoms with van der Waals surface area (Å²) in [5.74, 6) is -0.217. The second kappa shape index (κ2) is 6.75. The van der Waals surface area contributed by atoms with Crippen molar-refractivity contribution in [2.45, 2.75) is 24.9 Å². The fourth-order valence-electron chi connectivity index (χ4n) is 3.02. The Kier molecular flexibility index (Phi) is 4.53. The van der Waals surface area contributed by atoms with Gasteiger partial charge in [-0.15, -0.1) is 0 Å². The monoisotopic (exact) mass is 308 g/mol. The van der Waals surface area contributed by atoms with Crippen molar-refractivity contribution in [2.24, 2.45) is 0 Å². The van der Waals surface area contributed by atoms with Crippen LogP contribution in [-0.4, -0.2) is 22.5 Å². The van der Waals surface area contributed by atoms with Crippen molar-refractivity contribution in [3.63, 3.8) is 0 Å². The zero-order valence-corrected chi connectivity index (χ0v) is 12.9. The molecular weight excluding hydrogens is 288 g/mol. The molecular formula is C19H20N2O2. The van der Waals surface area contributed by atoms with Gasteiger partial charge in [0.05, 0.1) is 6.54 Å². The van der Waals surface area contributed by atoms with Crippen molar-refractivity contribution in [1.82, 2.24) is 10.3 Å². The van der Waals surface area contributed by atoms with Gasteiger partial charge in [0.15, 0.2) is 0 Å². The zero-order valence-electron chi connectivity index (χ0n) is 12.9. The first kappa shape index (κ1) is 15.4. The highest BCUT2D eigenvalue weighted by Crippen LogP contribution is 2.34.